The molecular weight excluding hydrogens is 240 g/mol. The van der Waals surface area contributed by atoms with E-state index in [4.69, 9.17) is 15.7 Å². The van der Waals surface area contributed by atoms with Crippen LogP contribution < -0.4 is 15.4 Å². The zero-order chi connectivity index (χ0) is 13.8. The number of nitrogens with zero attached hydrogens (tertiary/aromatic N) is 3. The van der Waals surface area contributed by atoms with Crippen LogP contribution in [0.25, 0.3) is 0 Å². The maximum absolute atomic E-state index is 8.78. The standard InChI is InChI=1S/C14H14N4O/c1-18(11-5-3-10(9-15)4-6-11)14-12(16)7-8-13(17-14)19-2/h3-8H,16H2,1-2H3. The fourth-order valence-corrected chi connectivity index (χ4v) is 1.71. The van der Waals surface area contributed by atoms with E-state index in [1.807, 2.05) is 24.1 Å². The van der Waals surface area contributed by atoms with Crippen LogP contribution in [0.5, 0.6) is 5.88 Å². The van der Waals surface area contributed by atoms with Gasteiger partial charge in [0.2, 0.25) is 5.88 Å². The maximum Gasteiger partial charge on any atom is 0.215 e. The van der Waals surface area contributed by atoms with Gasteiger partial charge in [0.25, 0.3) is 0 Å². The molecule has 0 fully saturated rings. The molecule has 0 amide bonds. The minimum Gasteiger partial charge on any atom is -0.481 e. The predicted octanol–water partition coefficient (Wildman–Crippen LogP) is 2.31. The summed E-state index contributed by atoms with van der Waals surface area (Å²) in [5.74, 6) is 1.12. The number of hydrogen-bond donors (Lipinski definition) is 1. The molecule has 5 heteroatoms. The summed E-state index contributed by atoms with van der Waals surface area (Å²) >= 11 is 0. The Bertz CT molecular complexity index is 616. The van der Waals surface area contributed by atoms with Crippen molar-refractivity contribution in [3.63, 3.8) is 0 Å². The highest BCUT2D eigenvalue weighted by Crippen LogP contribution is 2.28. The molecule has 19 heavy (non-hydrogen) atoms. The van der Waals surface area contributed by atoms with Crippen LogP contribution in [0.2, 0.25) is 0 Å². The Hall–Kier alpha value is -2.74. The van der Waals surface area contributed by atoms with E-state index in [0.29, 0.717) is 22.9 Å². The second-order valence-corrected chi connectivity index (χ2v) is 3.98. The van der Waals surface area contributed by atoms with E-state index >= 15 is 0 Å². The zero-order valence-corrected chi connectivity index (χ0v) is 10.8. The molecule has 0 aliphatic carbocycles. The number of hydrogen-bond acceptors (Lipinski definition) is 5. The van der Waals surface area contributed by atoms with E-state index < -0.39 is 0 Å². The van der Waals surface area contributed by atoms with Gasteiger partial charge in [0.05, 0.1) is 24.4 Å². The van der Waals surface area contributed by atoms with Gasteiger partial charge >= 0.3 is 0 Å². The Morgan fingerprint density at radius 2 is 1.89 bits per heavy atom. The van der Waals surface area contributed by atoms with Gasteiger partial charge in [0, 0.05) is 18.8 Å². The Morgan fingerprint density at radius 1 is 1.21 bits per heavy atom. The van der Waals surface area contributed by atoms with Crippen molar-refractivity contribution in [2.45, 2.75) is 0 Å². The number of nitriles is 1. The third-order valence-corrected chi connectivity index (χ3v) is 2.79. The van der Waals surface area contributed by atoms with Crippen molar-refractivity contribution in [2.24, 2.45) is 0 Å². The molecule has 1 aromatic heterocycles. The summed E-state index contributed by atoms with van der Waals surface area (Å²) in [6.45, 7) is 0. The summed E-state index contributed by atoms with van der Waals surface area (Å²) in [5, 5.41) is 8.78. The lowest BCUT2D eigenvalue weighted by Crippen LogP contribution is -2.13. The molecule has 1 heterocycles. The highest BCUT2D eigenvalue weighted by atomic mass is 16.5. The molecule has 0 saturated heterocycles. The number of aromatic nitrogens is 1. The summed E-state index contributed by atoms with van der Waals surface area (Å²) < 4.78 is 5.10. The number of anilines is 3. The minimum atomic E-state index is 0.504. The van der Waals surface area contributed by atoms with Crippen LogP contribution in [0.3, 0.4) is 0 Å². The molecule has 2 N–H and O–H groups in total. The average Bonchev–Trinajstić information content (AvgIpc) is 2.47. The van der Waals surface area contributed by atoms with Crippen molar-refractivity contribution < 1.29 is 4.74 Å². The van der Waals surface area contributed by atoms with Crippen LogP contribution in [0.15, 0.2) is 36.4 Å². The Balaban J connectivity index is 2.37. The van der Waals surface area contributed by atoms with E-state index in [0.717, 1.165) is 5.69 Å². The third kappa shape index (κ3) is 2.58. The van der Waals surface area contributed by atoms with E-state index in [-0.39, 0.29) is 0 Å². The minimum absolute atomic E-state index is 0.504. The van der Waals surface area contributed by atoms with Gasteiger partial charge in [0.1, 0.15) is 0 Å². The van der Waals surface area contributed by atoms with E-state index in [1.54, 1.807) is 31.4 Å². The first-order chi connectivity index (χ1) is 9.15. The van der Waals surface area contributed by atoms with Gasteiger partial charge in [-0.2, -0.15) is 10.2 Å². The summed E-state index contributed by atoms with van der Waals surface area (Å²) in [7, 11) is 3.42. The third-order valence-electron chi connectivity index (χ3n) is 2.79. The number of methoxy groups -OCH3 is 1. The van der Waals surface area contributed by atoms with Gasteiger partial charge in [-0.05, 0) is 30.3 Å². The number of rotatable bonds is 3. The Labute approximate surface area is 111 Å². The van der Waals surface area contributed by atoms with Gasteiger partial charge in [-0.25, -0.2) is 0 Å². The zero-order valence-electron chi connectivity index (χ0n) is 10.8. The molecule has 0 radical (unpaired) electrons. The molecule has 0 bridgehead atoms. The van der Waals surface area contributed by atoms with Gasteiger partial charge in [0.15, 0.2) is 5.82 Å². The molecular formula is C14H14N4O. The number of pyridine rings is 1. The van der Waals surface area contributed by atoms with E-state index in [2.05, 4.69) is 11.1 Å². The number of nitrogens with two attached hydrogens (primary N) is 1. The quantitative estimate of drug-likeness (QED) is 0.909. The molecule has 0 aliphatic heterocycles. The Morgan fingerprint density at radius 3 is 2.47 bits per heavy atom. The van der Waals surface area contributed by atoms with Gasteiger partial charge < -0.3 is 15.4 Å². The van der Waals surface area contributed by atoms with Crippen molar-refractivity contribution in [1.82, 2.24) is 4.98 Å². The monoisotopic (exact) mass is 254 g/mol. The normalized spacial score (nSPS) is 9.74. The maximum atomic E-state index is 8.78. The largest absolute Gasteiger partial charge is 0.481 e. The van der Waals surface area contributed by atoms with Crippen molar-refractivity contribution in [3.8, 4) is 11.9 Å². The summed E-state index contributed by atoms with van der Waals surface area (Å²) in [6, 6.07) is 12.7. The summed E-state index contributed by atoms with van der Waals surface area (Å²) in [4.78, 5) is 6.17. The molecule has 0 unspecified atom stereocenters. The highest BCUT2D eigenvalue weighted by molar-refractivity contribution is 5.71. The fraction of sp³-hybridized carbons (Fsp3) is 0.143. The second-order valence-electron chi connectivity index (χ2n) is 3.98. The van der Waals surface area contributed by atoms with Crippen molar-refractivity contribution >= 4 is 17.2 Å². The molecule has 2 aromatic rings. The highest BCUT2D eigenvalue weighted by Gasteiger charge is 2.10. The Kier molecular flexibility index (Phi) is 3.53. The van der Waals surface area contributed by atoms with Gasteiger partial charge in [-0.1, -0.05) is 0 Å². The van der Waals surface area contributed by atoms with Crippen molar-refractivity contribution in [2.75, 3.05) is 24.8 Å². The van der Waals surface area contributed by atoms with E-state index in [9.17, 15) is 0 Å². The first-order valence-electron chi connectivity index (χ1n) is 5.70. The topological polar surface area (TPSA) is 75.2 Å². The molecule has 0 spiro atoms. The smallest absolute Gasteiger partial charge is 0.215 e. The second kappa shape index (κ2) is 5.27. The average molecular weight is 254 g/mol. The lowest BCUT2D eigenvalue weighted by Gasteiger charge is -2.20. The molecule has 96 valence electrons. The first kappa shape index (κ1) is 12.7. The van der Waals surface area contributed by atoms with Crippen LogP contribution in [0.4, 0.5) is 17.2 Å². The number of ether oxygens (including phenoxy) is 1. The summed E-state index contributed by atoms with van der Waals surface area (Å²) in [5.41, 5.74) is 8.00. The van der Waals surface area contributed by atoms with Crippen molar-refractivity contribution in [1.29, 1.82) is 5.26 Å². The van der Waals surface area contributed by atoms with Crippen LogP contribution >= 0.6 is 0 Å². The van der Waals surface area contributed by atoms with E-state index in [1.165, 1.54) is 0 Å². The molecule has 1 aromatic carbocycles. The molecule has 5 nitrogen and oxygen atoms in total. The van der Waals surface area contributed by atoms with Gasteiger partial charge in [-0.15, -0.1) is 0 Å². The lowest BCUT2D eigenvalue weighted by atomic mass is 10.2. The fourth-order valence-electron chi connectivity index (χ4n) is 1.71. The number of benzene rings is 1. The lowest BCUT2D eigenvalue weighted by molar-refractivity contribution is 0.398. The van der Waals surface area contributed by atoms with Crippen LogP contribution in [-0.4, -0.2) is 19.1 Å². The summed E-state index contributed by atoms with van der Waals surface area (Å²) in [6.07, 6.45) is 0. The molecule has 0 atom stereocenters. The molecule has 0 saturated carbocycles. The van der Waals surface area contributed by atoms with Crippen LogP contribution in [0.1, 0.15) is 5.56 Å². The van der Waals surface area contributed by atoms with Crippen molar-refractivity contribution in [3.05, 3.63) is 42.0 Å². The number of nitrogen functional groups attached to an aromatic ring is 1. The predicted molar refractivity (Wildman–Crippen MR) is 74.4 cm³/mol. The van der Waals surface area contributed by atoms with Crippen LogP contribution in [0, 0.1) is 11.3 Å². The van der Waals surface area contributed by atoms with Gasteiger partial charge in [-0.3, -0.25) is 0 Å². The van der Waals surface area contributed by atoms with Crippen LogP contribution in [-0.2, 0) is 0 Å². The molecule has 0 aliphatic rings. The molecule has 2 rings (SSSR count). The SMILES string of the molecule is COc1ccc(N)c(N(C)c2ccc(C#N)cc2)n1. The first-order valence-corrected chi connectivity index (χ1v) is 5.70.